The first kappa shape index (κ1) is 20.1. The second-order valence-corrected chi connectivity index (χ2v) is 8.55. The molecule has 1 aliphatic rings. The van der Waals surface area contributed by atoms with Crippen molar-refractivity contribution in [1.29, 1.82) is 0 Å². The van der Waals surface area contributed by atoms with Gasteiger partial charge in [-0.3, -0.25) is 0 Å². The first-order chi connectivity index (χ1) is 15.5. The average Bonchev–Trinajstić information content (AvgIpc) is 3.22. The number of aromatic nitrogens is 1. The molecule has 0 saturated carbocycles. The maximum atomic E-state index is 13.8. The second kappa shape index (κ2) is 8.04. The molecule has 2 heterocycles. The van der Waals surface area contributed by atoms with Gasteiger partial charge in [-0.05, 0) is 67.3 Å². The van der Waals surface area contributed by atoms with Crippen LogP contribution in [0.5, 0.6) is 0 Å². The minimum atomic E-state index is -0.205. The lowest BCUT2D eigenvalue weighted by Gasteiger charge is -2.31. The number of hydrogen-bond donors (Lipinski definition) is 1. The number of rotatable bonds is 2. The Balaban J connectivity index is 1.64. The number of amides is 2. The highest BCUT2D eigenvalue weighted by Gasteiger charge is 2.33. The number of aryl methyl sites for hydroxylation is 2. The molecule has 1 unspecified atom stereocenters. The van der Waals surface area contributed by atoms with E-state index in [9.17, 15) is 4.79 Å². The molecule has 0 aliphatic carbocycles. The smallest absolute Gasteiger partial charge is 0.318 e. The molecule has 0 saturated heterocycles. The van der Waals surface area contributed by atoms with Crippen LogP contribution in [0.25, 0.3) is 5.69 Å². The molecular weight excluding hydrogens is 394 g/mol. The van der Waals surface area contributed by atoms with Crippen molar-refractivity contribution in [2.75, 3.05) is 5.32 Å². The van der Waals surface area contributed by atoms with Gasteiger partial charge in [0, 0.05) is 17.6 Å². The Labute approximate surface area is 189 Å². The number of carbonyl (C=O) groups excluding carboxylic acids is 1. The zero-order valence-electron chi connectivity index (χ0n) is 18.7. The monoisotopic (exact) mass is 421 g/mol. The van der Waals surface area contributed by atoms with Crippen molar-refractivity contribution in [3.05, 3.63) is 119 Å². The first-order valence-corrected chi connectivity index (χ1v) is 11.0. The Kier molecular flexibility index (Phi) is 5.06. The summed E-state index contributed by atoms with van der Waals surface area (Å²) in [6, 6.07) is 26.7. The first-order valence-electron chi connectivity index (χ1n) is 11.0. The van der Waals surface area contributed by atoms with E-state index in [0.29, 0.717) is 6.54 Å². The Bertz CT molecular complexity index is 1290. The van der Waals surface area contributed by atoms with E-state index in [2.05, 4.69) is 90.6 Å². The van der Waals surface area contributed by atoms with E-state index < -0.39 is 0 Å². The molecule has 1 atom stereocenters. The Morgan fingerprint density at radius 1 is 0.875 bits per heavy atom. The van der Waals surface area contributed by atoms with Gasteiger partial charge in [-0.25, -0.2) is 4.79 Å². The third-order valence-corrected chi connectivity index (χ3v) is 6.46. The molecule has 0 bridgehead atoms. The quantitative estimate of drug-likeness (QED) is 0.392. The normalized spacial score (nSPS) is 15.0. The zero-order valence-corrected chi connectivity index (χ0v) is 18.7. The number of urea groups is 1. The molecule has 0 radical (unpaired) electrons. The van der Waals surface area contributed by atoms with E-state index in [0.717, 1.165) is 39.3 Å². The molecule has 4 nitrogen and oxygen atoms in total. The van der Waals surface area contributed by atoms with Crippen LogP contribution in [0, 0.1) is 20.8 Å². The van der Waals surface area contributed by atoms with Gasteiger partial charge in [0.1, 0.15) is 0 Å². The number of anilines is 1. The lowest BCUT2D eigenvalue weighted by Crippen LogP contribution is -2.38. The molecule has 4 heteroatoms. The van der Waals surface area contributed by atoms with Crippen LogP contribution in [0.2, 0.25) is 0 Å². The molecule has 1 aliphatic heterocycles. The van der Waals surface area contributed by atoms with Gasteiger partial charge in [-0.1, -0.05) is 60.2 Å². The second-order valence-electron chi connectivity index (χ2n) is 8.55. The van der Waals surface area contributed by atoms with Crippen molar-refractivity contribution in [1.82, 2.24) is 9.47 Å². The number of hydrogen-bond acceptors (Lipinski definition) is 1. The number of nitrogens with zero attached hydrogens (tertiary/aromatic N) is 2. The number of para-hydroxylation sites is 1. The van der Waals surface area contributed by atoms with E-state index >= 15 is 0 Å². The topological polar surface area (TPSA) is 37.3 Å². The van der Waals surface area contributed by atoms with Crippen molar-refractivity contribution in [2.45, 2.75) is 33.4 Å². The van der Waals surface area contributed by atoms with E-state index in [4.69, 9.17) is 0 Å². The molecule has 5 rings (SSSR count). The van der Waals surface area contributed by atoms with Crippen LogP contribution in [-0.2, 0) is 6.54 Å². The standard InChI is InChI=1S/C28H27N3O/c1-19-13-15-22(16-14-19)27-26-12-7-17-30(26)25-11-5-4-9-23(25)18-31(27)28(32)29-24-10-6-8-20(2)21(24)3/h4-17,27H,18H2,1-3H3,(H,29,32). The maximum Gasteiger partial charge on any atom is 0.322 e. The summed E-state index contributed by atoms with van der Waals surface area (Å²) < 4.78 is 2.21. The van der Waals surface area contributed by atoms with Crippen LogP contribution >= 0.6 is 0 Å². The number of carbonyl (C=O) groups is 1. The minimum absolute atomic E-state index is 0.103. The van der Waals surface area contributed by atoms with Gasteiger partial charge in [-0.15, -0.1) is 0 Å². The van der Waals surface area contributed by atoms with Crippen molar-refractivity contribution < 1.29 is 4.79 Å². The van der Waals surface area contributed by atoms with Gasteiger partial charge in [0.15, 0.2) is 0 Å². The van der Waals surface area contributed by atoms with Crippen LogP contribution in [0.15, 0.2) is 85.1 Å². The lowest BCUT2D eigenvalue weighted by atomic mass is 10.0. The summed E-state index contributed by atoms with van der Waals surface area (Å²) in [6.45, 7) is 6.72. The Hall–Kier alpha value is -3.79. The third-order valence-electron chi connectivity index (χ3n) is 6.46. The third kappa shape index (κ3) is 3.48. The minimum Gasteiger partial charge on any atom is -0.318 e. The van der Waals surface area contributed by atoms with Crippen LogP contribution < -0.4 is 5.32 Å². The summed E-state index contributed by atoms with van der Waals surface area (Å²) in [5.74, 6) is 0. The fraction of sp³-hybridized carbons (Fsp3) is 0.179. The van der Waals surface area contributed by atoms with E-state index in [1.807, 2.05) is 30.0 Å². The SMILES string of the molecule is Cc1ccc(C2c3cccn3-c3ccccc3CN2C(=O)Nc2cccc(C)c2C)cc1. The molecule has 3 aromatic carbocycles. The number of fused-ring (bicyclic) bond motifs is 3. The number of nitrogens with one attached hydrogen (secondary N) is 1. The van der Waals surface area contributed by atoms with Gasteiger partial charge >= 0.3 is 6.03 Å². The average molecular weight is 422 g/mol. The van der Waals surface area contributed by atoms with Crippen LogP contribution in [0.4, 0.5) is 10.5 Å². The van der Waals surface area contributed by atoms with Gasteiger partial charge in [0.2, 0.25) is 0 Å². The molecular formula is C28H27N3O. The predicted molar refractivity (Wildman–Crippen MR) is 129 cm³/mol. The molecule has 0 fully saturated rings. The molecule has 0 spiro atoms. The highest BCUT2D eigenvalue weighted by atomic mass is 16.2. The summed E-state index contributed by atoms with van der Waals surface area (Å²) in [5, 5.41) is 3.19. The van der Waals surface area contributed by atoms with E-state index in [1.54, 1.807) is 0 Å². The highest BCUT2D eigenvalue weighted by Crippen LogP contribution is 2.37. The summed E-state index contributed by atoms with van der Waals surface area (Å²) in [5.41, 5.74) is 8.72. The fourth-order valence-corrected chi connectivity index (χ4v) is 4.51. The Morgan fingerprint density at radius 3 is 2.47 bits per heavy atom. The molecule has 2 amide bonds. The van der Waals surface area contributed by atoms with Crippen LogP contribution in [0.3, 0.4) is 0 Å². The zero-order chi connectivity index (χ0) is 22.2. The summed E-state index contributed by atoms with van der Waals surface area (Å²) in [6.07, 6.45) is 2.08. The van der Waals surface area contributed by atoms with Crippen molar-refractivity contribution in [2.24, 2.45) is 0 Å². The van der Waals surface area contributed by atoms with E-state index in [1.165, 1.54) is 5.56 Å². The van der Waals surface area contributed by atoms with Crippen LogP contribution in [-0.4, -0.2) is 15.5 Å². The summed E-state index contributed by atoms with van der Waals surface area (Å²) >= 11 is 0. The molecule has 1 N–H and O–H groups in total. The molecule has 1 aromatic heterocycles. The predicted octanol–water partition coefficient (Wildman–Crippen LogP) is 6.54. The van der Waals surface area contributed by atoms with Crippen molar-refractivity contribution in [3.63, 3.8) is 0 Å². The van der Waals surface area contributed by atoms with Crippen molar-refractivity contribution >= 4 is 11.7 Å². The van der Waals surface area contributed by atoms with Gasteiger partial charge in [-0.2, -0.15) is 0 Å². The summed E-state index contributed by atoms with van der Waals surface area (Å²) in [4.78, 5) is 15.7. The van der Waals surface area contributed by atoms with Crippen LogP contribution in [0.1, 0.15) is 39.6 Å². The summed E-state index contributed by atoms with van der Waals surface area (Å²) in [7, 11) is 0. The molecule has 32 heavy (non-hydrogen) atoms. The van der Waals surface area contributed by atoms with Gasteiger partial charge in [0.05, 0.1) is 18.3 Å². The largest absolute Gasteiger partial charge is 0.322 e. The Morgan fingerprint density at radius 2 is 1.66 bits per heavy atom. The van der Waals surface area contributed by atoms with Crippen molar-refractivity contribution in [3.8, 4) is 5.69 Å². The van der Waals surface area contributed by atoms with E-state index in [-0.39, 0.29) is 12.1 Å². The highest BCUT2D eigenvalue weighted by molar-refractivity contribution is 5.91. The molecule has 160 valence electrons. The maximum absolute atomic E-state index is 13.8. The van der Waals surface area contributed by atoms with Gasteiger partial charge < -0.3 is 14.8 Å². The number of benzene rings is 3. The molecule has 4 aromatic rings. The fourth-order valence-electron chi connectivity index (χ4n) is 4.51. The van der Waals surface area contributed by atoms with Gasteiger partial charge in [0.25, 0.3) is 0 Å². The lowest BCUT2D eigenvalue weighted by molar-refractivity contribution is 0.194.